The highest BCUT2D eigenvalue weighted by Gasteiger charge is 2.45. The van der Waals surface area contributed by atoms with E-state index in [2.05, 4.69) is 0 Å². The Bertz CT molecular complexity index is 116. The molecule has 0 aromatic heterocycles. The van der Waals surface area contributed by atoms with Gasteiger partial charge in [0.25, 0.3) is 0 Å². The zero-order chi connectivity index (χ0) is 10.3. The average molecular weight is 223 g/mol. The van der Waals surface area contributed by atoms with E-state index >= 15 is 0 Å². The SMILES string of the molecule is CCO[Si](OCC)(OCC)C(C)[S]. The molecular formula is C8H19O3SSi. The van der Waals surface area contributed by atoms with Gasteiger partial charge < -0.3 is 13.3 Å². The summed E-state index contributed by atoms with van der Waals surface area (Å²) in [5.41, 5.74) is 0. The Morgan fingerprint density at radius 1 is 1.00 bits per heavy atom. The highest BCUT2D eigenvalue weighted by molar-refractivity contribution is 7.82. The van der Waals surface area contributed by atoms with E-state index in [-0.39, 0.29) is 4.87 Å². The van der Waals surface area contributed by atoms with Crippen LogP contribution >= 0.6 is 12.6 Å². The molecule has 0 aliphatic carbocycles. The first-order valence-electron chi connectivity index (χ1n) is 4.70. The maximum absolute atomic E-state index is 5.56. The first-order valence-corrected chi connectivity index (χ1v) is 6.97. The fourth-order valence-corrected chi connectivity index (χ4v) is 3.85. The van der Waals surface area contributed by atoms with Gasteiger partial charge in [0, 0.05) is 19.8 Å². The van der Waals surface area contributed by atoms with Crippen molar-refractivity contribution in [3.8, 4) is 0 Å². The molecular weight excluding hydrogens is 204 g/mol. The van der Waals surface area contributed by atoms with Gasteiger partial charge in [-0.05, 0) is 27.7 Å². The van der Waals surface area contributed by atoms with Crippen LogP contribution in [0.15, 0.2) is 0 Å². The molecule has 1 radical (unpaired) electrons. The Labute approximate surface area is 87.5 Å². The Morgan fingerprint density at radius 3 is 1.46 bits per heavy atom. The maximum Gasteiger partial charge on any atom is 0.515 e. The summed E-state index contributed by atoms with van der Waals surface area (Å²) in [7, 11) is -2.56. The van der Waals surface area contributed by atoms with Crippen LogP contribution in [0.25, 0.3) is 0 Å². The van der Waals surface area contributed by atoms with Gasteiger partial charge in [-0.15, -0.1) is 0 Å². The summed E-state index contributed by atoms with van der Waals surface area (Å²) >= 11 is 5.20. The highest BCUT2D eigenvalue weighted by atomic mass is 32.1. The molecule has 0 aliphatic heterocycles. The van der Waals surface area contributed by atoms with Gasteiger partial charge in [0.05, 0.1) is 4.87 Å². The highest BCUT2D eigenvalue weighted by Crippen LogP contribution is 2.18. The van der Waals surface area contributed by atoms with Crippen molar-refractivity contribution in [3.63, 3.8) is 0 Å². The minimum atomic E-state index is -2.56. The Kier molecular flexibility index (Phi) is 7.07. The normalized spacial score (nSPS) is 14.5. The van der Waals surface area contributed by atoms with E-state index in [9.17, 15) is 0 Å². The molecule has 0 heterocycles. The fraction of sp³-hybridized carbons (Fsp3) is 1.00. The van der Waals surface area contributed by atoms with Crippen LogP contribution in [-0.4, -0.2) is 33.5 Å². The third-order valence-corrected chi connectivity index (χ3v) is 5.47. The standard InChI is InChI=1S/C8H19O3SSi/c1-5-9-13(8(4)12,10-6-2)11-7-3/h8H,5-7H2,1-4H3. The van der Waals surface area contributed by atoms with Gasteiger partial charge in [-0.3, -0.25) is 0 Å². The molecule has 0 saturated carbocycles. The summed E-state index contributed by atoms with van der Waals surface area (Å²) in [5, 5.41) is 0. The number of hydrogen-bond donors (Lipinski definition) is 0. The van der Waals surface area contributed by atoms with Crippen LogP contribution in [0.4, 0.5) is 0 Å². The van der Waals surface area contributed by atoms with Crippen molar-refractivity contribution in [2.75, 3.05) is 19.8 Å². The van der Waals surface area contributed by atoms with Gasteiger partial charge in [-0.2, -0.15) is 0 Å². The molecule has 0 spiro atoms. The summed E-state index contributed by atoms with van der Waals surface area (Å²) in [6.07, 6.45) is 0. The molecule has 0 aromatic rings. The molecule has 0 aromatic carbocycles. The minimum absolute atomic E-state index is 0.0904. The van der Waals surface area contributed by atoms with Crippen molar-refractivity contribution in [1.29, 1.82) is 0 Å². The molecule has 5 heteroatoms. The third kappa shape index (κ3) is 3.99. The zero-order valence-electron chi connectivity index (χ0n) is 8.83. The van der Waals surface area contributed by atoms with Crippen LogP contribution < -0.4 is 0 Å². The molecule has 1 unspecified atom stereocenters. The second kappa shape index (κ2) is 6.84. The van der Waals surface area contributed by atoms with Crippen molar-refractivity contribution in [1.82, 2.24) is 0 Å². The Morgan fingerprint density at radius 2 is 1.31 bits per heavy atom. The largest absolute Gasteiger partial charge is 0.515 e. The van der Waals surface area contributed by atoms with Crippen LogP contribution in [0.2, 0.25) is 0 Å². The second-order valence-corrected chi connectivity index (χ2v) is 6.61. The lowest BCUT2D eigenvalue weighted by molar-refractivity contribution is 0.0709. The van der Waals surface area contributed by atoms with Crippen molar-refractivity contribution in [3.05, 3.63) is 0 Å². The van der Waals surface area contributed by atoms with E-state index < -0.39 is 8.80 Å². The first-order chi connectivity index (χ1) is 6.13. The molecule has 79 valence electrons. The number of rotatable bonds is 7. The third-order valence-electron chi connectivity index (χ3n) is 1.53. The van der Waals surface area contributed by atoms with Crippen LogP contribution in [-0.2, 0) is 13.3 Å². The molecule has 3 nitrogen and oxygen atoms in total. The fourth-order valence-electron chi connectivity index (χ4n) is 1.08. The van der Waals surface area contributed by atoms with Crippen molar-refractivity contribution in [2.24, 2.45) is 0 Å². The van der Waals surface area contributed by atoms with E-state index in [1.54, 1.807) is 0 Å². The molecule has 0 saturated heterocycles. The van der Waals surface area contributed by atoms with Gasteiger partial charge in [-0.25, -0.2) is 0 Å². The molecule has 0 aliphatic rings. The smallest absolute Gasteiger partial charge is 0.373 e. The van der Waals surface area contributed by atoms with Gasteiger partial charge in [0.15, 0.2) is 0 Å². The topological polar surface area (TPSA) is 27.7 Å². The van der Waals surface area contributed by atoms with Crippen LogP contribution in [0.1, 0.15) is 27.7 Å². The predicted molar refractivity (Wildman–Crippen MR) is 57.7 cm³/mol. The number of hydrogen-bond acceptors (Lipinski definition) is 3. The monoisotopic (exact) mass is 223 g/mol. The van der Waals surface area contributed by atoms with E-state index in [1.165, 1.54) is 0 Å². The lowest BCUT2D eigenvalue weighted by Crippen LogP contribution is -2.53. The average Bonchev–Trinajstić information content (AvgIpc) is 2.05. The van der Waals surface area contributed by atoms with Gasteiger partial charge in [0.1, 0.15) is 0 Å². The van der Waals surface area contributed by atoms with E-state index in [0.29, 0.717) is 19.8 Å². The molecule has 0 rings (SSSR count). The van der Waals surface area contributed by atoms with Gasteiger partial charge in [-0.1, -0.05) is 12.6 Å². The second-order valence-electron chi connectivity index (χ2n) is 2.54. The first kappa shape index (κ1) is 13.4. The van der Waals surface area contributed by atoms with Crippen LogP contribution in [0.3, 0.4) is 0 Å². The maximum atomic E-state index is 5.56. The van der Waals surface area contributed by atoms with E-state index in [1.807, 2.05) is 27.7 Å². The summed E-state index contributed by atoms with van der Waals surface area (Å²) in [6.45, 7) is 9.46. The molecule has 1 atom stereocenters. The zero-order valence-corrected chi connectivity index (χ0v) is 10.6. The molecule has 0 bridgehead atoms. The predicted octanol–water partition coefficient (Wildman–Crippen LogP) is 2.16. The summed E-state index contributed by atoms with van der Waals surface area (Å²) < 4.78 is 16.7. The molecule has 0 fully saturated rings. The quantitative estimate of drug-likeness (QED) is 0.619. The summed E-state index contributed by atoms with van der Waals surface area (Å²) in [6, 6.07) is 0. The van der Waals surface area contributed by atoms with E-state index in [4.69, 9.17) is 25.9 Å². The Balaban J connectivity index is 4.38. The lowest BCUT2D eigenvalue weighted by atomic mass is 10.9. The van der Waals surface area contributed by atoms with Gasteiger partial charge >= 0.3 is 8.80 Å². The van der Waals surface area contributed by atoms with E-state index in [0.717, 1.165) is 0 Å². The summed E-state index contributed by atoms with van der Waals surface area (Å²) in [5.74, 6) is 0. The Hall–Kier alpha value is 0.447. The summed E-state index contributed by atoms with van der Waals surface area (Å²) in [4.78, 5) is -0.0904. The van der Waals surface area contributed by atoms with Crippen LogP contribution in [0.5, 0.6) is 0 Å². The molecule has 0 N–H and O–H groups in total. The minimum Gasteiger partial charge on any atom is -0.373 e. The van der Waals surface area contributed by atoms with Crippen molar-refractivity contribution in [2.45, 2.75) is 32.6 Å². The van der Waals surface area contributed by atoms with Crippen LogP contribution in [0, 0.1) is 0 Å². The van der Waals surface area contributed by atoms with Crippen molar-refractivity contribution < 1.29 is 13.3 Å². The van der Waals surface area contributed by atoms with Gasteiger partial charge in [0.2, 0.25) is 0 Å². The molecule has 13 heavy (non-hydrogen) atoms. The molecule has 0 amide bonds. The van der Waals surface area contributed by atoms with Crippen molar-refractivity contribution >= 4 is 21.4 Å². The lowest BCUT2D eigenvalue weighted by Gasteiger charge is -2.30.